The topological polar surface area (TPSA) is 65.5 Å². The molecule has 1 N–H and O–H groups in total. The molecule has 1 aromatic carbocycles. The lowest BCUT2D eigenvalue weighted by Crippen LogP contribution is -2.50. The van der Waals surface area contributed by atoms with Crippen molar-refractivity contribution in [2.45, 2.75) is 45.4 Å². The van der Waals surface area contributed by atoms with Crippen LogP contribution in [0.4, 0.5) is 11.5 Å². The number of amides is 2. The lowest BCUT2D eigenvalue weighted by molar-refractivity contribution is -0.134. The second kappa shape index (κ2) is 9.90. The van der Waals surface area contributed by atoms with Gasteiger partial charge in [-0.15, -0.1) is 0 Å². The standard InChI is InChI=1S/C25H31ClN4O2/c1-19-7-8-20(16-21(19)26)28-23(31)17-25(9-3-4-10-25)18-24(32)30-14-12-29(13-15-30)22-6-2-5-11-27-22/h2,5-8,11,16H,3-4,9-10,12-15,17-18H2,1H3,(H,28,31). The molecule has 0 radical (unpaired) electrons. The maximum Gasteiger partial charge on any atom is 0.224 e. The van der Waals surface area contributed by atoms with Gasteiger partial charge >= 0.3 is 0 Å². The Morgan fingerprint density at radius 2 is 1.81 bits per heavy atom. The summed E-state index contributed by atoms with van der Waals surface area (Å²) in [6.45, 7) is 4.89. The molecule has 1 aromatic heterocycles. The largest absolute Gasteiger partial charge is 0.353 e. The number of carbonyl (C=O) groups excluding carboxylic acids is 2. The van der Waals surface area contributed by atoms with Crippen molar-refractivity contribution in [2.75, 3.05) is 36.4 Å². The van der Waals surface area contributed by atoms with Gasteiger partial charge in [-0.2, -0.15) is 0 Å². The number of hydrogen-bond acceptors (Lipinski definition) is 4. The lowest BCUT2D eigenvalue weighted by atomic mass is 9.78. The quantitative estimate of drug-likeness (QED) is 0.688. The molecule has 4 rings (SSSR count). The number of halogens is 1. The molecule has 2 heterocycles. The molecule has 0 spiro atoms. The molecular weight excluding hydrogens is 424 g/mol. The van der Waals surface area contributed by atoms with Crippen molar-refractivity contribution >= 4 is 34.9 Å². The third kappa shape index (κ3) is 5.41. The predicted molar refractivity (Wildman–Crippen MR) is 128 cm³/mol. The van der Waals surface area contributed by atoms with Crippen LogP contribution in [0.2, 0.25) is 5.02 Å². The Labute approximate surface area is 195 Å². The number of piperazine rings is 1. The maximum absolute atomic E-state index is 13.2. The number of aromatic nitrogens is 1. The van der Waals surface area contributed by atoms with Gasteiger partial charge in [0.25, 0.3) is 0 Å². The molecule has 1 aliphatic carbocycles. The number of carbonyl (C=O) groups is 2. The summed E-state index contributed by atoms with van der Waals surface area (Å²) in [7, 11) is 0. The normalized spacial score (nSPS) is 17.9. The average Bonchev–Trinajstić information content (AvgIpc) is 3.24. The Kier molecular flexibility index (Phi) is 6.99. The third-order valence-electron chi connectivity index (χ3n) is 6.79. The van der Waals surface area contributed by atoms with Gasteiger partial charge in [0.15, 0.2) is 0 Å². The Balaban J connectivity index is 1.33. The minimum Gasteiger partial charge on any atom is -0.353 e. The molecule has 6 nitrogen and oxygen atoms in total. The van der Waals surface area contributed by atoms with Gasteiger partial charge in [0.1, 0.15) is 5.82 Å². The highest BCUT2D eigenvalue weighted by Crippen LogP contribution is 2.44. The predicted octanol–water partition coefficient (Wildman–Crippen LogP) is 4.67. The number of anilines is 2. The van der Waals surface area contributed by atoms with Gasteiger partial charge in [0.05, 0.1) is 0 Å². The summed E-state index contributed by atoms with van der Waals surface area (Å²) in [5.74, 6) is 1.08. The van der Waals surface area contributed by atoms with Crippen molar-refractivity contribution in [1.29, 1.82) is 0 Å². The van der Waals surface area contributed by atoms with E-state index in [1.807, 2.05) is 42.2 Å². The van der Waals surface area contributed by atoms with Gasteiger partial charge in [0.2, 0.25) is 11.8 Å². The van der Waals surface area contributed by atoms with Gasteiger partial charge in [0, 0.05) is 55.9 Å². The van der Waals surface area contributed by atoms with Gasteiger partial charge < -0.3 is 15.1 Å². The van der Waals surface area contributed by atoms with E-state index < -0.39 is 0 Å². The highest BCUT2D eigenvalue weighted by molar-refractivity contribution is 6.31. The second-order valence-electron chi connectivity index (χ2n) is 9.13. The van der Waals surface area contributed by atoms with E-state index in [9.17, 15) is 9.59 Å². The summed E-state index contributed by atoms with van der Waals surface area (Å²) in [4.78, 5) is 34.6. The van der Waals surface area contributed by atoms with Gasteiger partial charge in [-0.1, -0.05) is 36.6 Å². The number of rotatable bonds is 6. The SMILES string of the molecule is Cc1ccc(NC(=O)CC2(CC(=O)N3CCN(c4ccccn4)CC3)CCCC2)cc1Cl. The molecule has 0 bridgehead atoms. The molecule has 0 atom stereocenters. The van der Waals surface area contributed by atoms with Crippen LogP contribution in [0.1, 0.15) is 44.1 Å². The Bertz CT molecular complexity index is 952. The smallest absolute Gasteiger partial charge is 0.224 e. The zero-order valence-corrected chi connectivity index (χ0v) is 19.4. The third-order valence-corrected chi connectivity index (χ3v) is 7.19. The van der Waals surface area contributed by atoms with Crippen LogP contribution in [0.3, 0.4) is 0 Å². The van der Waals surface area contributed by atoms with Gasteiger partial charge in [-0.25, -0.2) is 4.98 Å². The maximum atomic E-state index is 13.2. The van der Waals surface area contributed by atoms with E-state index >= 15 is 0 Å². The zero-order valence-electron chi connectivity index (χ0n) is 18.6. The summed E-state index contributed by atoms with van der Waals surface area (Å²) in [6, 6.07) is 11.4. The Morgan fingerprint density at radius 3 is 2.47 bits per heavy atom. The van der Waals surface area contributed by atoms with E-state index in [-0.39, 0.29) is 17.2 Å². The molecule has 2 aliphatic rings. The summed E-state index contributed by atoms with van der Waals surface area (Å²) < 4.78 is 0. The molecular formula is C25H31ClN4O2. The minimum atomic E-state index is -0.242. The number of nitrogens with zero attached hydrogens (tertiary/aromatic N) is 3. The molecule has 170 valence electrons. The molecule has 1 saturated carbocycles. The first kappa shape index (κ1) is 22.6. The van der Waals surface area contributed by atoms with Crippen LogP contribution in [-0.2, 0) is 9.59 Å². The number of pyridine rings is 1. The summed E-state index contributed by atoms with van der Waals surface area (Å²) >= 11 is 6.19. The van der Waals surface area contributed by atoms with Gasteiger partial charge in [-0.3, -0.25) is 9.59 Å². The van der Waals surface area contributed by atoms with E-state index in [0.717, 1.165) is 50.2 Å². The summed E-state index contributed by atoms with van der Waals surface area (Å²) in [5.41, 5.74) is 1.44. The van der Waals surface area contributed by atoms with E-state index in [0.29, 0.717) is 36.6 Å². The van der Waals surface area contributed by atoms with E-state index in [4.69, 9.17) is 11.6 Å². The van der Waals surface area contributed by atoms with Crippen LogP contribution in [0.5, 0.6) is 0 Å². The van der Waals surface area contributed by atoms with Crippen molar-refractivity contribution < 1.29 is 9.59 Å². The molecule has 2 aromatic rings. The minimum absolute atomic E-state index is 0.0420. The highest BCUT2D eigenvalue weighted by atomic mass is 35.5. The Hall–Kier alpha value is -2.60. The average molecular weight is 455 g/mol. The van der Waals surface area contributed by atoms with Crippen LogP contribution in [0.25, 0.3) is 0 Å². The van der Waals surface area contributed by atoms with E-state index in [1.54, 1.807) is 12.3 Å². The summed E-state index contributed by atoms with van der Waals surface area (Å²) in [5, 5.41) is 3.61. The van der Waals surface area contributed by atoms with Gasteiger partial charge in [-0.05, 0) is 55.0 Å². The fourth-order valence-corrected chi connectivity index (χ4v) is 5.10. The second-order valence-corrected chi connectivity index (χ2v) is 9.54. The monoisotopic (exact) mass is 454 g/mol. The van der Waals surface area contributed by atoms with Crippen molar-refractivity contribution in [2.24, 2.45) is 5.41 Å². The molecule has 0 unspecified atom stereocenters. The van der Waals surface area contributed by atoms with Crippen LogP contribution in [0, 0.1) is 12.3 Å². The van der Waals surface area contributed by atoms with E-state index in [2.05, 4.69) is 15.2 Å². The highest BCUT2D eigenvalue weighted by Gasteiger charge is 2.39. The molecule has 7 heteroatoms. The molecule has 32 heavy (non-hydrogen) atoms. The molecule has 2 amide bonds. The van der Waals surface area contributed by atoms with Crippen molar-refractivity contribution in [3.63, 3.8) is 0 Å². The fraction of sp³-hybridized carbons (Fsp3) is 0.480. The molecule has 1 saturated heterocycles. The van der Waals surface area contributed by atoms with Crippen LogP contribution < -0.4 is 10.2 Å². The Morgan fingerprint density at radius 1 is 1.06 bits per heavy atom. The first-order valence-corrected chi connectivity index (χ1v) is 11.8. The first-order chi connectivity index (χ1) is 15.4. The molecule has 2 fully saturated rings. The van der Waals surface area contributed by atoms with Crippen molar-refractivity contribution in [3.05, 3.63) is 53.2 Å². The van der Waals surface area contributed by atoms with Crippen LogP contribution >= 0.6 is 11.6 Å². The zero-order chi connectivity index (χ0) is 22.6. The van der Waals surface area contributed by atoms with Crippen molar-refractivity contribution in [1.82, 2.24) is 9.88 Å². The van der Waals surface area contributed by atoms with Crippen LogP contribution in [-0.4, -0.2) is 47.9 Å². The summed E-state index contributed by atoms with van der Waals surface area (Å²) in [6.07, 6.45) is 6.61. The first-order valence-electron chi connectivity index (χ1n) is 11.4. The number of hydrogen-bond donors (Lipinski definition) is 1. The van der Waals surface area contributed by atoms with E-state index in [1.165, 1.54) is 0 Å². The fourth-order valence-electron chi connectivity index (χ4n) is 4.92. The molecule has 1 aliphatic heterocycles. The van der Waals surface area contributed by atoms with Crippen molar-refractivity contribution in [3.8, 4) is 0 Å². The lowest BCUT2D eigenvalue weighted by Gasteiger charge is -2.37. The number of benzene rings is 1. The number of aryl methyl sites for hydroxylation is 1. The van der Waals surface area contributed by atoms with Crippen LogP contribution in [0.15, 0.2) is 42.6 Å². The number of nitrogens with one attached hydrogen (secondary N) is 1.